The van der Waals surface area contributed by atoms with E-state index in [1.54, 1.807) is 31.4 Å². The first-order valence-corrected chi connectivity index (χ1v) is 11.6. The van der Waals surface area contributed by atoms with Crippen molar-refractivity contribution in [1.82, 2.24) is 19.3 Å². The first kappa shape index (κ1) is 20.9. The minimum Gasteiger partial charge on any atom is -0.497 e. The molecule has 0 atom stereocenters. The summed E-state index contributed by atoms with van der Waals surface area (Å²) in [6.07, 6.45) is 7.54. The standard InChI is InChI=1S/C26H22N4O2S/c1-31-21-14-10-20(11-15-21)30-24(25(26(28-30)33-2)29-17-16-27-18-29)19-8-12-23(13-9-19)32-22-6-4-3-5-7-22/h3-18H,1-2H3. The molecular weight excluding hydrogens is 432 g/mol. The normalized spacial score (nSPS) is 10.8. The van der Waals surface area contributed by atoms with Gasteiger partial charge in [0.25, 0.3) is 0 Å². The fourth-order valence-electron chi connectivity index (χ4n) is 3.63. The van der Waals surface area contributed by atoms with Crippen molar-refractivity contribution >= 4 is 11.8 Å². The maximum Gasteiger partial charge on any atom is 0.143 e. The molecule has 5 aromatic rings. The fourth-order valence-corrected chi connectivity index (χ4v) is 4.18. The number of hydrogen-bond donors (Lipinski definition) is 0. The van der Waals surface area contributed by atoms with Gasteiger partial charge in [-0.05, 0) is 66.9 Å². The third-order valence-corrected chi connectivity index (χ3v) is 5.87. The lowest BCUT2D eigenvalue weighted by molar-refractivity contribution is 0.414. The SMILES string of the molecule is COc1ccc(-n2nc(SC)c(-n3ccnc3)c2-c2ccc(Oc3ccccc3)cc2)cc1. The number of benzene rings is 3. The van der Waals surface area contributed by atoms with Crippen LogP contribution in [-0.2, 0) is 0 Å². The van der Waals surface area contributed by atoms with Crippen LogP contribution in [0.25, 0.3) is 22.6 Å². The highest BCUT2D eigenvalue weighted by atomic mass is 32.2. The molecule has 5 rings (SSSR count). The molecule has 0 aliphatic rings. The minimum absolute atomic E-state index is 0.773. The van der Waals surface area contributed by atoms with Crippen molar-refractivity contribution in [3.63, 3.8) is 0 Å². The smallest absolute Gasteiger partial charge is 0.143 e. The van der Waals surface area contributed by atoms with Gasteiger partial charge in [-0.15, -0.1) is 11.8 Å². The van der Waals surface area contributed by atoms with Gasteiger partial charge in [0.05, 0.1) is 24.8 Å². The number of hydrogen-bond acceptors (Lipinski definition) is 5. The Bertz CT molecular complexity index is 1330. The zero-order chi connectivity index (χ0) is 22.6. The quantitative estimate of drug-likeness (QED) is 0.272. The number of methoxy groups -OCH3 is 1. The second-order valence-electron chi connectivity index (χ2n) is 7.23. The number of thioether (sulfide) groups is 1. The van der Waals surface area contributed by atoms with Crippen molar-refractivity contribution in [2.75, 3.05) is 13.4 Å². The molecule has 0 fully saturated rings. The predicted molar refractivity (Wildman–Crippen MR) is 131 cm³/mol. The van der Waals surface area contributed by atoms with Crippen LogP contribution in [0.3, 0.4) is 0 Å². The van der Waals surface area contributed by atoms with E-state index in [4.69, 9.17) is 14.6 Å². The van der Waals surface area contributed by atoms with Crippen LogP contribution in [0.1, 0.15) is 0 Å². The van der Waals surface area contributed by atoms with Crippen LogP contribution in [0.4, 0.5) is 0 Å². The molecule has 2 heterocycles. The lowest BCUT2D eigenvalue weighted by Crippen LogP contribution is -2.01. The number of aromatic nitrogens is 4. The number of nitrogens with zero attached hydrogens (tertiary/aromatic N) is 4. The third-order valence-electron chi connectivity index (χ3n) is 5.21. The molecule has 0 aliphatic carbocycles. The lowest BCUT2D eigenvalue weighted by Gasteiger charge is -2.12. The maximum atomic E-state index is 5.98. The Morgan fingerprint density at radius 3 is 2.15 bits per heavy atom. The highest BCUT2D eigenvalue weighted by Gasteiger charge is 2.22. The molecule has 0 bridgehead atoms. The van der Waals surface area contributed by atoms with Gasteiger partial charge in [-0.2, -0.15) is 5.10 Å². The summed E-state index contributed by atoms with van der Waals surface area (Å²) < 4.78 is 15.3. The van der Waals surface area contributed by atoms with Crippen molar-refractivity contribution < 1.29 is 9.47 Å². The van der Waals surface area contributed by atoms with Crippen LogP contribution in [-0.4, -0.2) is 32.7 Å². The predicted octanol–water partition coefficient (Wildman–Crippen LogP) is 6.25. The Labute approximate surface area is 196 Å². The Hall–Kier alpha value is -3.97. The monoisotopic (exact) mass is 454 g/mol. The van der Waals surface area contributed by atoms with Crippen LogP contribution < -0.4 is 9.47 Å². The van der Waals surface area contributed by atoms with Crippen LogP contribution in [0.15, 0.2) is 103 Å². The third kappa shape index (κ3) is 4.23. The Morgan fingerprint density at radius 2 is 1.52 bits per heavy atom. The molecule has 0 unspecified atom stereocenters. The summed E-state index contributed by atoms with van der Waals surface area (Å²) in [7, 11) is 1.66. The van der Waals surface area contributed by atoms with Gasteiger partial charge < -0.3 is 14.0 Å². The van der Waals surface area contributed by atoms with E-state index in [-0.39, 0.29) is 0 Å². The number of para-hydroxylation sites is 1. The average molecular weight is 455 g/mol. The van der Waals surface area contributed by atoms with Crippen LogP contribution in [0.5, 0.6) is 17.2 Å². The van der Waals surface area contributed by atoms with E-state index >= 15 is 0 Å². The summed E-state index contributed by atoms with van der Waals surface area (Å²) in [5.41, 5.74) is 3.90. The van der Waals surface area contributed by atoms with E-state index in [0.29, 0.717) is 0 Å². The van der Waals surface area contributed by atoms with Gasteiger partial charge in [0.15, 0.2) is 0 Å². The van der Waals surface area contributed by atoms with Crippen LogP contribution in [0, 0.1) is 0 Å². The molecule has 3 aromatic carbocycles. The zero-order valence-corrected chi connectivity index (χ0v) is 19.1. The van der Waals surface area contributed by atoms with Crippen molar-refractivity contribution in [2.45, 2.75) is 5.03 Å². The summed E-state index contributed by atoms with van der Waals surface area (Å²) in [5.74, 6) is 2.38. The van der Waals surface area contributed by atoms with E-state index in [1.807, 2.05) is 88.4 Å². The molecule has 0 spiro atoms. The van der Waals surface area contributed by atoms with Crippen molar-refractivity contribution in [1.29, 1.82) is 0 Å². The molecular formula is C26H22N4O2S. The van der Waals surface area contributed by atoms with E-state index in [2.05, 4.69) is 17.1 Å². The molecule has 164 valence electrons. The second-order valence-corrected chi connectivity index (χ2v) is 8.02. The molecule has 0 aliphatic heterocycles. The summed E-state index contributed by atoms with van der Waals surface area (Å²) in [6.45, 7) is 0. The topological polar surface area (TPSA) is 54.1 Å². The zero-order valence-electron chi connectivity index (χ0n) is 18.3. The average Bonchev–Trinajstić information content (AvgIpc) is 3.53. The largest absolute Gasteiger partial charge is 0.497 e. The lowest BCUT2D eigenvalue weighted by atomic mass is 10.1. The second kappa shape index (κ2) is 9.26. The molecule has 7 heteroatoms. The van der Waals surface area contributed by atoms with Crippen LogP contribution >= 0.6 is 11.8 Å². The molecule has 0 saturated heterocycles. The van der Waals surface area contributed by atoms with Crippen LogP contribution in [0.2, 0.25) is 0 Å². The Balaban J connectivity index is 1.62. The van der Waals surface area contributed by atoms with Gasteiger partial charge >= 0.3 is 0 Å². The van der Waals surface area contributed by atoms with E-state index < -0.39 is 0 Å². The Morgan fingerprint density at radius 1 is 0.818 bits per heavy atom. The van der Waals surface area contributed by atoms with Gasteiger partial charge in [0.1, 0.15) is 28.0 Å². The van der Waals surface area contributed by atoms with Crippen molar-refractivity contribution in [2.24, 2.45) is 0 Å². The molecule has 0 saturated carbocycles. The van der Waals surface area contributed by atoms with Gasteiger partial charge in [0.2, 0.25) is 0 Å². The van der Waals surface area contributed by atoms with E-state index in [9.17, 15) is 0 Å². The van der Waals surface area contributed by atoms with Gasteiger partial charge in [-0.25, -0.2) is 9.67 Å². The summed E-state index contributed by atoms with van der Waals surface area (Å²) in [5, 5.41) is 5.84. The first-order chi connectivity index (χ1) is 16.3. The summed E-state index contributed by atoms with van der Waals surface area (Å²) >= 11 is 1.60. The minimum atomic E-state index is 0.773. The molecule has 33 heavy (non-hydrogen) atoms. The van der Waals surface area contributed by atoms with Crippen molar-refractivity contribution in [3.05, 3.63) is 97.6 Å². The molecule has 6 nitrogen and oxygen atoms in total. The fraction of sp³-hybridized carbons (Fsp3) is 0.0769. The Kier molecular flexibility index (Phi) is 5.87. The molecule has 0 radical (unpaired) electrons. The summed E-state index contributed by atoms with van der Waals surface area (Å²) in [6, 6.07) is 25.7. The number of rotatable bonds is 7. The van der Waals surface area contributed by atoms with E-state index in [1.165, 1.54) is 0 Å². The van der Waals surface area contributed by atoms with Gasteiger partial charge in [0, 0.05) is 18.0 Å². The van der Waals surface area contributed by atoms with Gasteiger partial charge in [-0.1, -0.05) is 18.2 Å². The first-order valence-electron chi connectivity index (χ1n) is 10.4. The van der Waals surface area contributed by atoms with Gasteiger partial charge in [-0.3, -0.25) is 0 Å². The number of imidazole rings is 1. The summed E-state index contributed by atoms with van der Waals surface area (Å²) in [4.78, 5) is 4.25. The molecule has 2 aromatic heterocycles. The van der Waals surface area contributed by atoms with Crippen molar-refractivity contribution in [3.8, 4) is 39.9 Å². The molecule has 0 N–H and O–H groups in total. The number of ether oxygens (including phenoxy) is 2. The highest BCUT2D eigenvalue weighted by molar-refractivity contribution is 7.98. The highest BCUT2D eigenvalue weighted by Crippen LogP contribution is 2.37. The molecule has 0 amide bonds. The maximum absolute atomic E-state index is 5.98. The van der Waals surface area contributed by atoms with E-state index in [0.717, 1.165) is 44.9 Å².